The minimum Gasteiger partial charge on any atom is -0.419 e. The lowest BCUT2D eigenvalue weighted by Crippen LogP contribution is -2.27. The van der Waals surface area contributed by atoms with Crippen molar-refractivity contribution in [3.05, 3.63) is 0 Å². The molecule has 1 aliphatic rings. The van der Waals surface area contributed by atoms with Gasteiger partial charge in [-0.2, -0.15) is 0 Å². The molecule has 20 heavy (non-hydrogen) atoms. The van der Waals surface area contributed by atoms with Crippen molar-refractivity contribution in [1.82, 2.24) is 0 Å². The van der Waals surface area contributed by atoms with E-state index in [0.29, 0.717) is 19.3 Å². The molecule has 0 radical (unpaired) electrons. The van der Waals surface area contributed by atoms with E-state index in [2.05, 4.69) is 0 Å². The largest absolute Gasteiger partial charge is 0.419 e. The van der Waals surface area contributed by atoms with Gasteiger partial charge in [-0.05, 0) is 12.5 Å². The predicted molar refractivity (Wildman–Crippen MR) is 74.3 cm³/mol. The Morgan fingerprint density at radius 3 is 2.45 bits per heavy atom. The van der Waals surface area contributed by atoms with Crippen LogP contribution < -0.4 is 0 Å². The summed E-state index contributed by atoms with van der Waals surface area (Å²) in [5.41, 5.74) is 0. The van der Waals surface area contributed by atoms with Crippen molar-refractivity contribution in [1.29, 1.82) is 0 Å². The summed E-state index contributed by atoms with van der Waals surface area (Å²) in [6, 6.07) is 1.04. The topological polar surface area (TPSA) is 89.9 Å². The Kier molecular flexibility index (Phi) is 11.4. The fourth-order valence-electron chi connectivity index (χ4n) is 1.48. The number of hydrogen-bond acceptors (Lipinski definition) is 7. The first-order valence-corrected chi connectivity index (χ1v) is 8.66. The highest BCUT2D eigenvalue weighted by Crippen LogP contribution is 2.08. The number of hydrogen-bond donors (Lipinski definition) is 2. The van der Waals surface area contributed by atoms with E-state index in [1.165, 1.54) is 0 Å². The quantitative estimate of drug-likeness (QED) is 0.167. The van der Waals surface area contributed by atoms with Crippen LogP contribution in [-0.4, -0.2) is 85.2 Å². The van der Waals surface area contributed by atoms with Crippen LogP contribution in [0.15, 0.2) is 0 Å². The molecule has 120 valence electrons. The number of aliphatic hydroxyl groups excluding tert-OH is 2. The molecule has 1 unspecified atom stereocenters. The van der Waals surface area contributed by atoms with E-state index in [-0.39, 0.29) is 26.4 Å². The molecule has 7 nitrogen and oxygen atoms in total. The summed E-state index contributed by atoms with van der Waals surface area (Å²) in [5, 5.41) is 17.4. The van der Waals surface area contributed by atoms with Gasteiger partial charge in [0.25, 0.3) is 0 Å². The molecule has 1 rings (SSSR count). The fourth-order valence-corrected chi connectivity index (χ4v) is 2.45. The van der Waals surface area contributed by atoms with Crippen LogP contribution in [0.5, 0.6) is 0 Å². The molecule has 0 aliphatic carbocycles. The van der Waals surface area contributed by atoms with E-state index in [1.807, 2.05) is 0 Å². The van der Waals surface area contributed by atoms with Gasteiger partial charge in [-0.3, -0.25) is 0 Å². The van der Waals surface area contributed by atoms with Crippen LogP contribution in [0.3, 0.4) is 0 Å². The molecule has 0 aromatic carbocycles. The maximum absolute atomic E-state index is 8.69. The van der Waals surface area contributed by atoms with Gasteiger partial charge in [0.2, 0.25) is 0 Å². The zero-order valence-corrected chi connectivity index (χ0v) is 13.3. The maximum Gasteiger partial charge on any atom is 0.179 e. The third-order valence-electron chi connectivity index (χ3n) is 2.58. The highest BCUT2D eigenvalue weighted by molar-refractivity contribution is 6.26. The smallest absolute Gasteiger partial charge is 0.179 e. The third kappa shape index (κ3) is 10.7. The van der Waals surface area contributed by atoms with Gasteiger partial charge in [-0.1, -0.05) is 0 Å². The molecule has 0 aromatic heterocycles. The van der Waals surface area contributed by atoms with Crippen LogP contribution in [0.25, 0.3) is 0 Å². The SMILES string of the molecule is OCCOC(CO[SiH2]CCCOCC1CO1)OCCO. The van der Waals surface area contributed by atoms with Crippen LogP contribution in [0.2, 0.25) is 6.04 Å². The Morgan fingerprint density at radius 2 is 1.85 bits per heavy atom. The number of rotatable bonds is 15. The lowest BCUT2D eigenvalue weighted by molar-refractivity contribution is -0.166. The average molecular weight is 310 g/mol. The number of epoxide rings is 1. The summed E-state index contributed by atoms with van der Waals surface area (Å²) in [5.74, 6) is 0. The van der Waals surface area contributed by atoms with Gasteiger partial charge in [-0.25, -0.2) is 0 Å². The molecule has 2 N–H and O–H groups in total. The molecule has 1 heterocycles. The monoisotopic (exact) mass is 310 g/mol. The summed E-state index contributed by atoms with van der Waals surface area (Å²) >= 11 is 0. The van der Waals surface area contributed by atoms with Crippen molar-refractivity contribution in [2.75, 3.05) is 52.9 Å². The van der Waals surface area contributed by atoms with E-state index in [4.69, 9.17) is 33.6 Å². The van der Waals surface area contributed by atoms with E-state index >= 15 is 0 Å². The second-order valence-electron chi connectivity index (χ2n) is 4.43. The highest BCUT2D eigenvalue weighted by Gasteiger charge is 2.21. The molecule has 1 atom stereocenters. The normalized spacial score (nSPS) is 18.4. The van der Waals surface area contributed by atoms with Crippen molar-refractivity contribution in [3.8, 4) is 0 Å². The zero-order chi connectivity index (χ0) is 14.5. The van der Waals surface area contributed by atoms with Crippen molar-refractivity contribution >= 4 is 9.76 Å². The Morgan fingerprint density at radius 1 is 1.15 bits per heavy atom. The highest BCUT2D eigenvalue weighted by atomic mass is 28.2. The van der Waals surface area contributed by atoms with Crippen LogP contribution >= 0.6 is 0 Å². The van der Waals surface area contributed by atoms with Gasteiger partial charge in [0.05, 0.1) is 46.2 Å². The first-order chi connectivity index (χ1) is 9.86. The second-order valence-corrected chi connectivity index (χ2v) is 5.95. The minimum absolute atomic E-state index is 0.0571. The van der Waals surface area contributed by atoms with E-state index in [1.54, 1.807) is 0 Å². The lowest BCUT2D eigenvalue weighted by Gasteiger charge is -2.17. The summed E-state index contributed by atoms with van der Waals surface area (Å²) in [4.78, 5) is 0. The molecule has 1 saturated heterocycles. The molecular formula is C12H26O7Si. The first kappa shape index (κ1) is 18.0. The van der Waals surface area contributed by atoms with Gasteiger partial charge in [0, 0.05) is 6.61 Å². The molecule has 0 spiro atoms. The number of aliphatic hydroxyl groups is 2. The van der Waals surface area contributed by atoms with Crippen molar-refractivity contribution in [2.45, 2.75) is 24.9 Å². The first-order valence-electron chi connectivity index (χ1n) is 7.09. The Balaban J connectivity index is 1.86. The summed E-state index contributed by atoms with van der Waals surface area (Å²) < 4.78 is 26.5. The van der Waals surface area contributed by atoms with E-state index in [9.17, 15) is 0 Å². The van der Waals surface area contributed by atoms with Crippen molar-refractivity contribution < 1.29 is 33.6 Å². The van der Waals surface area contributed by atoms with Crippen LogP contribution in [0.1, 0.15) is 6.42 Å². The Labute approximate surface area is 122 Å². The fraction of sp³-hybridized carbons (Fsp3) is 1.00. The number of ether oxygens (including phenoxy) is 4. The van der Waals surface area contributed by atoms with Crippen LogP contribution in [0, 0.1) is 0 Å². The summed E-state index contributed by atoms with van der Waals surface area (Å²) in [6.07, 6.45) is 0.820. The van der Waals surface area contributed by atoms with Crippen molar-refractivity contribution in [2.24, 2.45) is 0 Å². The van der Waals surface area contributed by atoms with E-state index < -0.39 is 16.1 Å². The van der Waals surface area contributed by atoms with Gasteiger partial charge >= 0.3 is 0 Å². The third-order valence-corrected chi connectivity index (χ3v) is 3.89. The molecule has 1 fully saturated rings. The maximum atomic E-state index is 8.69. The molecule has 1 aliphatic heterocycles. The van der Waals surface area contributed by atoms with Crippen LogP contribution in [0.4, 0.5) is 0 Å². The van der Waals surface area contributed by atoms with Gasteiger partial charge in [-0.15, -0.1) is 0 Å². The van der Waals surface area contributed by atoms with Crippen LogP contribution in [-0.2, 0) is 23.4 Å². The second kappa shape index (κ2) is 12.7. The molecule has 0 saturated carbocycles. The van der Waals surface area contributed by atoms with Crippen molar-refractivity contribution in [3.63, 3.8) is 0 Å². The summed E-state index contributed by atoms with van der Waals surface area (Å²) in [6.45, 7) is 2.94. The van der Waals surface area contributed by atoms with Gasteiger partial charge < -0.3 is 33.6 Å². The Hall–Kier alpha value is -0.0631. The Bertz CT molecular complexity index is 208. The predicted octanol–water partition coefficient (Wildman–Crippen LogP) is -1.35. The van der Waals surface area contributed by atoms with Gasteiger partial charge in [0.15, 0.2) is 16.1 Å². The molecule has 0 bridgehead atoms. The standard InChI is InChI=1S/C12H26O7Si/c13-2-5-16-12(17-6-3-14)10-19-20-7-1-4-15-8-11-9-18-11/h11-14H,1-10,20H2. The molecular weight excluding hydrogens is 284 g/mol. The van der Waals surface area contributed by atoms with E-state index in [0.717, 1.165) is 25.7 Å². The molecule has 0 aromatic rings. The molecule has 0 amide bonds. The van der Waals surface area contributed by atoms with Gasteiger partial charge in [0.1, 0.15) is 6.10 Å². The molecule has 8 heteroatoms. The average Bonchev–Trinajstić information content (AvgIpc) is 3.28. The minimum atomic E-state index is -0.606. The lowest BCUT2D eigenvalue weighted by atomic mass is 10.5. The zero-order valence-electron chi connectivity index (χ0n) is 11.9. The summed E-state index contributed by atoms with van der Waals surface area (Å²) in [7, 11) is -0.606.